The number of rotatable bonds is 4. The van der Waals surface area contributed by atoms with Crippen molar-refractivity contribution in [2.75, 3.05) is 7.11 Å². The number of carbonyl (C=O) groups is 2. The molecule has 84 valence electrons. The van der Waals surface area contributed by atoms with Crippen LogP contribution in [-0.2, 0) is 9.53 Å². The van der Waals surface area contributed by atoms with Crippen molar-refractivity contribution >= 4 is 11.8 Å². The quantitative estimate of drug-likeness (QED) is 0.575. The first-order valence-electron chi connectivity index (χ1n) is 5.35. The Balaban J connectivity index is 2.13. The molecule has 0 atom stereocenters. The summed E-state index contributed by atoms with van der Waals surface area (Å²) in [6.45, 7) is 0. The molecule has 0 heterocycles. The largest absolute Gasteiger partial charge is 0.469 e. The van der Waals surface area contributed by atoms with Gasteiger partial charge in [0.05, 0.1) is 13.5 Å². The van der Waals surface area contributed by atoms with Crippen LogP contribution in [0.15, 0.2) is 30.3 Å². The lowest BCUT2D eigenvalue weighted by Gasteiger charge is -2.12. The number of benzene rings is 1. The minimum Gasteiger partial charge on any atom is -0.469 e. The van der Waals surface area contributed by atoms with Gasteiger partial charge in [0.25, 0.3) is 0 Å². The van der Waals surface area contributed by atoms with Gasteiger partial charge in [-0.3, -0.25) is 9.59 Å². The predicted molar refractivity (Wildman–Crippen MR) is 59.1 cm³/mol. The molecule has 0 amide bonds. The maximum absolute atomic E-state index is 12.2. The SMILES string of the molecule is COC(=O)CC1(C(=O)c2ccccc2)CC1. The van der Waals surface area contributed by atoms with Crippen LogP contribution in [0.25, 0.3) is 0 Å². The summed E-state index contributed by atoms with van der Waals surface area (Å²) in [5.41, 5.74) is 0.206. The molecule has 0 aliphatic heterocycles. The van der Waals surface area contributed by atoms with Crippen LogP contribution in [0.4, 0.5) is 0 Å². The zero-order chi connectivity index (χ0) is 11.6. The number of hydrogen-bond acceptors (Lipinski definition) is 3. The van der Waals surface area contributed by atoms with Crippen molar-refractivity contribution in [3.05, 3.63) is 35.9 Å². The number of hydrogen-bond donors (Lipinski definition) is 0. The first-order valence-corrected chi connectivity index (χ1v) is 5.35. The Labute approximate surface area is 94.4 Å². The Morgan fingerprint density at radius 3 is 2.38 bits per heavy atom. The van der Waals surface area contributed by atoms with Crippen LogP contribution >= 0.6 is 0 Å². The van der Waals surface area contributed by atoms with E-state index in [0.29, 0.717) is 5.56 Å². The number of methoxy groups -OCH3 is 1. The summed E-state index contributed by atoms with van der Waals surface area (Å²) in [7, 11) is 1.35. The van der Waals surface area contributed by atoms with E-state index in [0.717, 1.165) is 12.8 Å². The molecule has 1 aliphatic rings. The Morgan fingerprint density at radius 2 is 1.88 bits per heavy atom. The van der Waals surface area contributed by atoms with Crippen LogP contribution in [0.5, 0.6) is 0 Å². The summed E-state index contributed by atoms with van der Waals surface area (Å²) in [4.78, 5) is 23.4. The number of ketones is 1. The molecule has 1 saturated carbocycles. The van der Waals surface area contributed by atoms with E-state index < -0.39 is 5.41 Å². The van der Waals surface area contributed by atoms with Crippen LogP contribution in [0, 0.1) is 5.41 Å². The Kier molecular flexibility index (Phi) is 2.77. The average Bonchev–Trinajstić information content (AvgIpc) is 3.10. The van der Waals surface area contributed by atoms with Gasteiger partial charge in [0, 0.05) is 11.0 Å². The summed E-state index contributed by atoms with van der Waals surface area (Å²) in [5, 5.41) is 0. The standard InChI is InChI=1S/C13H14O3/c1-16-11(14)9-13(7-8-13)12(15)10-5-3-2-4-6-10/h2-6H,7-9H2,1H3. The molecule has 1 aliphatic carbocycles. The third-order valence-corrected chi connectivity index (χ3v) is 3.08. The monoisotopic (exact) mass is 218 g/mol. The van der Waals surface area contributed by atoms with Crippen LogP contribution in [0.3, 0.4) is 0 Å². The first-order chi connectivity index (χ1) is 7.68. The van der Waals surface area contributed by atoms with Crippen molar-refractivity contribution < 1.29 is 14.3 Å². The molecule has 2 rings (SSSR count). The molecule has 1 aromatic carbocycles. The molecule has 0 radical (unpaired) electrons. The van der Waals surface area contributed by atoms with Gasteiger partial charge in [0.15, 0.2) is 5.78 Å². The van der Waals surface area contributed by atoms with Crippen LogP contribution < -0.4 is 0 Å². The lowest BCUT2D eigenvalue weighted by molar-refractivity contribution is -0.141. The van der Waals surface area contributed by atoms with Gasteiger partial charge in [-0.1, -0.05) is 30.3 Å². The van der Waals surface area contributed by atoms with Crippen molar-refractivity contribution in [3.63, 3.8) is 0 Å². The molecule has 0 spiro atoms. The molecule has 0 unspecified atom stereocenters. The van der Waals surface area contributed by atoms with E-state index in [2.05, 4.69) is 4.74 Å². The van der Waals surface area contributed by atoms with Crippen molar-refractivity contribution in [2.24, 2.45) is 5.41 Å². The minimum absolute atomic E-state index is 0.0681. The lowest BCUT2D eigenvalue weighted by Crippen LogP contribution is -2.20. The van der Waals surface area contributed by atoms with Gasteiger partial charge >= 0.3 is 5.97 Å². The van der Waals surface area contributed by atoms with E-state index in [1.54, 1.807) is 12.1 Å². The molecular weight excluding hydrogens is 204 g/mol. The van der Waals surface area contributed by atoms with Crippen molar-refractivity contribution in [2.45, 2.75) is 19.3 Å². The number of esters is 1. The molecule has 1 fully saturated rings. The van der Waals surface area contributed by atoms with Gasteiger partial charge < -0.3 is 4.74 Å². The zero-order valence-electron chi connectivity index (χ0n) is 9.23. The zero-order valence-corrected chi connectivity index (χ0v) is 9.23. The Bertz CT molecular complexity index is 404. The second-order valence-corrected chi connectivity index (χ2v) is 4.23. The third kappa shape index (κ3) is 1.98. The molecule has 0 bridgehead atoms. The van der Waals surface area contributed by atoms with E-state index in [1.165, 1.54) is 7.11 Å². The van der Waals surface area contributed by atoms with E-state index in [1.807, 2.05) is 18.2 Å². The van der Waals surface area contributed by atoms with E-state index in [-0.39, 0.29) is 18.2 Å². The maximum Gasteiger partial charge on any atom is 0.306 e. The highest BCUT2D eigenvalue weighted by atomic mass is 16.5. The highest BCUT2D eigenvalue weighted by molar-refractivity contribution is 6.03. The second-order valence-electron chi connectivity index (χ2n) is 4.23. The maximum atomic E-state index is 12.2. The fourth-order valence-electron chi connectivity index (χ4n) is 1.88. The molecule has 0 saturated heterocycles. The summed E-state index contributed by atoms with van der Waals surface area (Å²) >= 11 is 0. The number of ether oxygens (including phenoxy) is 1. The summed E-state index contributed by atoms with van der Waals surface area (Å²) < 4.78 is 4.62. The van der Waals surface area contributed by atoms with E-state index in [9.17, 15) is 9.59 Å². The molecular formula is C13H14O3. The van der Waals surface area contributed by atoms with Gasteiger partial charge in [-0.15, -0.1) is 0 Å². The average molecular weight is 218 g/mol. The fraction of sp³-hybridized carbons (Fsp3) is 0.385. The molecule has 0 aromatic heterocycles. The summed E-state index contributed by atoms with van der Waals surface area (Å²) in [6.07, 6.45) is 1.78. The van der Waals surface area contributed by atoms with Crippen LogP contribution in [0.2, 0.25) is 0 Å². The van der Waals surface area contributed by atoms with Crippen LogP contribution in [0.1, 0.15) is 29.6 Å². The number of carbonyl (C=O) groups excluding carboxylic acids is 2. The molecule has 16 heavy (non-hydrogen) atoms. The van der Waals surface area contributed by atoms with Crippen LogP contribution in [-0.4, -0.2) is 18.9 Å². The Morgan fingerprint density at radius 1 is 1.25 bits per heavy atom. The first kappa shape index (κ1) is 10.9. The highest BCUT2D eigenvalue weighted by Gasteiger charge is 2.51. The smallest absolute Gasteiger partial charge is 0.306 e. The third-order valence-electron chi connectivity index (χ3n) is 3.08. The second kappa shape index (κ2) is 4.08. The minimum atomic E-state index is -0.478. The lowest BCUT2D eigenvalue weighted by atomic mass is 9.91. The van der Waals surface area contributed by atoms with Crippen molar-refractivity contribution in [1.82, 2.24) is 0 Å². The normalized spacial score (nSPS) is 16.6. The highest BCUT2D eigenvalue weighted by Crippen LogP contribution is 2.51. The van der Waals surface area contributed by atoms with Gasteiger partial charge in [0.1, 0.15) is 0 Å². The molecule has 3 nitrogen and oxygen atoms in total. The van der Waals surface area contributed by atoms with E-state index >= 15 is 0 Å². The summed E-state index contributed by atoms with van der Waals surface area (Å²) in [6, 6.07) is 9.12. The van der Waals surface area contributed by atoms with Gasteiger partial charge in [0.2, 0.25) is 0 Å². The predicted octanol–water partition coefficient (Wildman–Crippen LogP) is 2.21. The molecule has 1 aromatic rings. The Hall–Kier alpha value is -1.64. The molecule has 0 N–H and O–H groups in total. The van der Waals surface area contributed by atoms with Crippen molar-refractivity contribution in [1.29, 1.82) is 0 Å². The molecule has 3 heteroatoms. The summed E-state index contributed by atoms with van der Waals surface area (Å²) in [5.74, 6) is -0.236. The van der Waals surface area contributed by atoms with Gasteiger partial charge in [-0.05, 0) is 12.8 Å². The van der Waals surface area contributed by atoms with Crippen molar-refractivity contribution in [3.8, 4) is 0 Å². The van der Waals surface area contributed by atoms with Gasteiger partial charge in [-0.25, -0.2) is 0 Å². The number of Topliss-reactive ketones (excluding diaryl/α,β-unsaturated/α-hetero) is 1. The van der Waals surface area contributed by atoms with E-state index in [4.69, 9.17) is 0 Å². The fourth-order valence-corrected chi connectivity index (χ4v) is 1.88. The van der Waals surface area contributed by atoms with Gasteiger partial charge in [-0.2, -0.15) is 0 Å². The topological polar surface area (TPSA) is 43.4 Å².